The number of nitrogens with one attached hydrogen (secondary N) is 1. The van der Waals surface area contributed by atoms with E-state index < -0.39 is 18.0 Å². The van der Waals surface area contributed by atoms with E-state index in [0.717, 1.165) is 37.6 Å². The Morgan fingerprint density at radius 1 is 1.14 bits per heavy atom. The summed E-state index contributed by atoms with van der Waals surface area (Å²) in [5.74, 6) is -0.413. The molecule has 0 aromatic heterocycles. The van der Waals surface area contributed by atoms with Gasteiger partial charge in [0.2, 0.25) is 0 Å². The number of nitrogens with zero attached hydrogens (tertiary/aromatic N) is 1. The number of carbonyl (C=O) groups is 2. The number of esters is 1. The molecule has 7 nitrogen and oxygen atoms in total. The van der Waals surface area contributed by atoms with Crippen LogP contribution in [0.25, 0.3) is 0 Å². The molecule has 7 heteroatoms. The van der Waals surface area contributed by atoms with Crippen molar-refractivity contribution < 1.29 is 23.8 Å². The van der Waals surface area contributed by atoms with Crippen LogP contribution in [-0.2, 0) is 19.1 Å². The van der Waals surface area contributed by atoms with Gasteiger partial charge in [0, 0.05) is 24.5 Å². The van der Waals surface area contributed by atoms with Gasteiger partial charge in [0.05, 0.1) is 13.2 Å². The third-order valence-electron chi connectivity index (χ3n) is 4.51. The molecule has 29 heavy (non-hydrogen) atoms. The van der Waals surface area contributed by atoms with Crippen LogP contribution >= 0.6 is 0 Å². The molecule has 1 atom stereocenters. The number of hydrogen-bond acceptors (Lipinski definition) is 6. The Morgan fingerprint density at radius 2 is 1.86 bits per heavy atom. The van der Waals surface area contributed by atoms with Crippen molar-refractivity contribution in [3.8, 4) is 5.75 Å². The molecule has 154 valence electrons. The lowest BCUT2D eigenvalue weighted by atomic mass is 10.2. The minimum atomic E-state index is -0.808. The van der Waals surface area contributed by atoms with E-state index in [1.165, 1.54) is 0 Å². The largest absolute Gasteiger partial charge is 0.479 e. The van der Waals surface area contributed by atoms with E-state index in [9.17, 15) is 9.59 Å². The van der Waals surface area contributed by atoms with Crippen molar-refractivity contribution in [2.45, 2.75) is 20.0 Å². The number of morpholine rings is 1. The third-order valence-corrected chi connectivity index (χ3v) is 4.51. The summed E-state index contributed by atoms with van der Waals surface area (Å²) in [7, 11) is 0. The Hall–Kier alpha value is -3.06. The molecule has 1 amide bonds. The van der Waals surface area contributed by atoms with Gasteiger partial charge in [-0.3, -0.25) is 4.79 Å². The van der Waals surface area contributed by atoms with E-state index in [1.54, 1.807) is 13.0 Å². The Morgan fingerprint density at radius 3 is 2.55 bits per heavy atom. The van der Waals surface area contributed by atoms with Crippen molar-refractivity contribution in [1.82, 2.24) is 0 Å². The number of carbonyl (C=O) groups excluding carboxylic acids is 2. The summed E-state index contributed by atoms with van der Waals surface area (Å²) in [5, 5.41) is 2.72. The van der Waals surface area contributed by atoms with Crippen molar-refractivity contribution in [3.63, 3.8) is 0 Å². The number of benzene rings is 2. The molecule has 2 aromatic carbocycles. The fourth-order valence-corrected chi connectivity index (χ4v) is 2.97. The molecule has 0 bridgehead atoms. The first-order valence-electron chi connectivity index (χ1n) is 9.64. The van der Waals surface area contributed by atoms with Crippen LogP contribution in [0.15, 0.2) is 48.5 Å². The zero-order valence-corrected chi connectivity index (χ0v) is 16.7. The smallest absolute Gasteiger partial charge is 0.347 e. The average Bonchev–Trinajstić information content (AvgIpc) is 2.73. The average molecular weight is 398 g/mol. The molecular formula is C22H26N2O5. The van der Waals surface area contributed by atoms with Crippen LogP contribution in [0.4, 0.5) is 11.4 Å². The summed E-state index contributed by atoms with van der Waals surface area (Å²) in [6.45, 7) is 6.30. The van der Waals surface area contributed by atoms with Crippen LogP contribution in [0.3, 0.4) is 0 Å². The summed E-state index contributed by atoms with van der Waals surface area (Å²) in [4.78, 5) is 26.4. The van der Waals surface area contributed by atoms with Gasteiger partial charge in [0.1, 0.15) is 5.75 Å². The number of amides is 1. The number of anilines is 2. The van der Waals surface area contributed by atoms with E-state index in [1.807, 2.05) is 49.4 Å². The quantitative estimate of drug-likeness (QED) is 0.723. The van der Waals surface area contributed by atoms with Crippen LogP contribution in [0.2, 0.25) is 0 Å². The van der Waals surface area contributed by atoms with E-state index in [0.29, 0.717) is 11.4 Å². The highest BCUT2D eigenvalue weighted by Gasteiger charge is 2.18. The van der Waals surface area contributed by atoms with Gasteiger partial charge in [0.15, 0.2) is 12.7 Å². The Labute approximate surface area is 170 Å². The van der Waals surface area contributed by atoms with E-state index in [4.69, 9.17) is 14.2 Å². The predicted octanol–water partition coefficient (Wildman–Crippen LogP) is 2.78. The minimum Gasteiger partial charge on any atom is -0.479 e. The van der Waals surface area contributed by atoms with Gasteiger partial charge in [-0.1, -0.05) is 12.1 Å². The van der Waals surface area contributed by atoms with Crippen molar-refractivity contribution in [2.24, 2.45) is 0 Å². The highest BCUT2D eigenvalue weighted by molar-refractivity contribution is 5.93. The lowest BCUT2D eigenvalue weighted by Gasteiger charge is -2.28. The Kier molecular flexibility index (Phi) is 7.08. The molecule has 1 aliphatic heterocycles. The van der Waals surface area contributed by atoms with Crippen molar-refractivity contribution >= 4 is 23.3 Å². The summed E-state index contributed by atoms with van der Waals surface area (Å²) < 4.78 is 16.0. The van der Waals surface area contributed by atoms with Crippen LogP contribution < -0.4 is 15.0 Å². The molecule has 1 aliphatic rings. The van der Waals surface area contributed by atoms with Crippen LogP contribution in [-0.4, -0.2) is 50.9 Å². The first-order valence-corrected chi connectivity index (χ1v) is 9.64. The highest BCUT2D eigenvalue weighted by Crippen LogP contribution is 2.19. The van der Waals surface area contributed by atoms with E-state index in [2.05, 4.69) is 10.2 Å². The molecule has 0 spiro atoms. The van der Waals surface area contributed by atoms with Gasteiger partial charge in [-0.15, -0.1) is 0 Å². The summed E-state index contributed by atoms with van der Waals surface area (Å²) >= 11 is 0. The normalized spacial score (nSPS) is 14.8. The second-order valence-corrected chi connectivity index (χ2v) is 6.88. The standard InChI is InChI=1S/C22H26N2O5/c1-16-4-3-5-20(14-16)29-17(2)22(26)28-15-21(25)23-18-6-8-19(9-7-18)24-10-12-27-13-11-24/h3-9,14,17H,10-13,15H2,1-2H3,(H,23,25)/t17-/m0/s1. The molecule has 3 rings (SSSR count). The van der Waals surface area contributed by atoms with Gasteiger partial charge >= 0.3 is 5.97 Å². The second kappa shape index (κ2) is 9.93. The van der Waals surface area contributed by atoms with Gasteiger partial charge in [-0.2, -0.15) is 0 Å². The predicted molar refractivity (Wildman–Crippen MR) is 110 cm³/mol. The Balaban J connectivity index is 1.43. The zero-order chi connectivity index (χ0) is 20.6. The summed E-state index contributed by atoms with van der Waals surface area (Å²) in [6, 6.07) is 14.9. The van der Waals surface area contributed by atoms with Crippen LogP contribution in [0.5, 0.6) is 5.75 Å². The number of ether oxygens (including phenoxy) is 3. The van der Waals surface area contributed by atoms with Crippen LogP contribution in [0.1, 0.15) is 12.5 Å². The second-order valence-electron chi connectivity index (χ2n) is 6.88. The first kappa shape index (κ1) is 20.7. The molecule has 0 unspecified atom stereocenters. The number of aryl methyl sites for hydroxylation is 1. The van der Waals surface area contributed by atoms with Gasteiger partial charge < -0.3 is 24.4 Å². The molecular weight excluding hydrogens is 372 g/mol. The zero-order valence-electron chi connectivity index (χ0n) is 16.7. The maximum atomic E-state index is 12.1. The molecule has 1 saturated heterocycles. The Bertz CT molecular complexity index is 831. The molecule has 1 heterocycles. The lowest BCUT2D eigenvalue weighted by molar-refractivity contribution is -0.153. The monoisotopic (exact) mass is 398 g/mol. The van der Waals surface area contributed by atoms with Crippen molar-refractivity contribution in [3.05, 3.63) is 54.1 Å². The fourth-order valence-electron chi connectivity index (χ4n) is 2.97. The maximum Gasteiger partial charge on any atom is 0.347 e. The lowest BCUT2D eigenvalue weighted by Crippen LogP contribution is -2.36. The molecule has 0 saturated carbocycles. The molecule has 0 radical (unpaired) electrons. The summed E-state index contributed by atoms with van der Waals surface area (Å²) in [5.41, 5.74) is 2.76. The van der Waals surface area contributed by atoms with E-state index in [-0.39, 0.29) is 6.61 Å². The SMILES string of the molecule is Cc1cccc(O[C@@H](C)C(=O)OCC(=O)Nc2ccc(N3CCOCC3)cc2)c1. The highest BCUT2D eigenvalue weighted by atomic mass is 16.6. The van der Waals surface area contributed by atoms with Gasteiger partial charge in [-0.05, 0) is 55.8 Å². The fraction of sp³-hybridized carbons (Fsp3) is 0.364. The third kappa shape index (κ3) is 6.22. The van der Waals surface area contributed by atoms with Gasteiger partial charge in [-0.25, -0.2) is 4.79 Å². The van der Waals surface area contributed by atoms with Gasteiger partial charge in [0.25, 0.3) is 5.91 Å². The van der Waals surface area contributed by atoms with E-state index >= 15 is 0 Å². The topological polar surface area (TPSA) is 77.1 Å². The molecule has 2 aromatic rings. The molecule has 1 fully saturated rings. The molecule has 0 aliphatic carbocycles. The number of hydrogen-bond donors (Lipinski definition) is 1. The first-order chi connectivity index (χ1) is 14.0. The van der Waals surface area contributed by atoms with Crippen molar-refractivity contribution in [1.29, 1.82) is 0 Å². The van der Waals surface area contributed by atoms with Crippen molar-refractivity contribution in [2.75, 3.05) is 43.1 Å². The number of rotatable bonds is 7. The minimum absolute atomic E-state index is 0.369. The molecule has 1 N–H and O–H groups in total. The maximum absolute atomic E-state index is 12.1. The van der Waals surface area contributed by atoms with Crippen LogP contribution in [0, 0.1) is 6.92 Å². The summed E-state index contributed by atoms with van der Waals surface area (Å²) in [6.07, 6.45) is -0.808.